The third kappa shape index (κ3) is 3.56. The van der Waals surface area contributed by atoms with Gasteiger partial charge in [0.05, 0.1) is 6.07 Å². The van der Waals surface area contributed by atoms with E-state index in [0.29, 0.717) is 6.54 Å². The molecule has 0 saturated heterocycles. The summed E-state index contributed by atoms with van der Waals surface area (Å²) in [5.41, 5.74) is 0.962. The van der Waals surface area contributed by atoms with Gasteiger partial charge in [0.25, 0.3) is 0 Å². The quantitative estimate of drug-likeness (QED) is 0.794. The summed E-state index contributed by atoms with van der Waals surface area (Å²) >= 11 is 0. The van der Waals surface area contributed by atoms with Gasteiger partial charge >= 0.3 is 0 Å². The SMILES string of the molecule is CC(C)C(C#N)C(=O)N(C)Cc1cccnc1. The topological polar surface area (TPSA) is 57.0 Å². The molecule has 0 bridgehead atoms. The van der Waals surface area contributed by atoms with Crippen LogP contribution in [0.4, 0.5) is 0 Å². The Morgan fingerprint density at radius 1 is 1.59 bits per heavy atom. The van der Waals surface area contributed by atoms with Gasteiger partial charge in [-0.2, -0.15) is 5.26 Å². The summed E-state index contributed by atoms with van der Waals surface area (Å²) in [6.45, 7) is 4.24. The Hall–Kier alpha value is -1.89. The number of pyridine rings is 1. The second kappa shape index (κ2) is 6.00. The number of hydrogen-bond donors (Lipinski definition) is 0. The largest absolute Gasteiger partial charge is 0.340 e. The van der Waals surface area contributed by atoms with Gasteiger partial charge in [0, 0.05) is 26.0 Å². The van der Waals surface area contributed by atoms with Crippen molar-refractivity contribution in [3.05, 3.63) is 30.1 Å². The monoisotopic (exact) mass is 231 g/mol. The third-order valence-corrected chi connectivity index (χ3v) is 2.59. The summed E-state index contributed by atoms with van der Waals surface area (Å²) in [5, 5.41) is 8.97. The Morgan fingerprint density at radius 3 is 2.76 bits per heavy atom. The molecule has 1 amide bonds. The van der Waals surface area contributed by atoms with Gasteiger partial charge in [0.15, 0.2) is 0 Å². The number of nitrogens with zero attached hydrogens (tertiary/aromatic N) is 3. The number of nitriles is 1. The molecule has 0 radical (unpaired) electrons. The molecule has 90 valence electrons. The lowest BCUT2D eigenvalue weighted by Crippen LogP contribution is -2.34. The highest BCUT2D eigenvalue weighted by Gasteiger charge is 2.24. The van der Waals surface area contributed by atoms with Crippen LogP contribution in [0.25, 0.3) is 0 Å². The van der Waals surface area contributed by atoms with Gasteiger partial charge in [-0.15, -0.1) is 0 Å². The maximum Gasteiger partial charge on any atom is 0.240 e. The van der Waals surface area contributed by atoms with Gasteiger partial charge in [0.2, 0.25) is 5.91 Å². The van der Waals surface area contributed by atoms with Crippen LogP contribution in [0.3, 0.4) is 0 Å². The molecule has 17 heavy (non-hydrogen) atoms. The fourth-order valence-corrected chi connectivity index (χ4v) is 1.57. The molecule has 1 aromatic heterocycles. The number of amides is 1. The van der Waals surface area contributed by atoms with E-state index in [9.17, 15) is 4.79 Å². The Kier molecular flexibility index (Phi) is 4.65. The first-order valence-corrected chi connectivity index (χ1v) is 5.59. The van der Waals surface area contributed by atoms with Crippen LogP contribution in [0, 0.1) is 23.2 Å². The lowest BCUT2D eigenvalue weighted by atomic mass is 9.96. The molecule has 0 aliphatic carbocycles. The van der Waals surface area contributed by atoms with Crippen molar-refractivity contribution in [2.75, 3.05) is 7.05 Å². The maximum atomic E-state index is 12.0. The second-order valence-corrected chi connectivity index (χ2v) is 4.41. The minimum absolute atomic E-state index is 0.0313. The van der Waals surface area contributed by atoms with Crippen molar-refractivity contribution in [1.29, 1.82) is 5.26 Å². The highest BCUT2D eigenvalue weighted by molar-refractivity contribution is 5.81. The minimum Gasteiger partial charge on any atom is -0.340 e. The fraction of sp³-hybridized carbons (Fsp3) is 0.462. The molecular weight excluding hydrogens is 214 g/mol. The van der Waals surface area contributed by atoms with Gasteiger partial charge in [-0.1, -0.05) is 19.9 Å². The second-order valence-electron chi connectivity index (χ2n) is 4.41. The number of hydrogen-bond acceptors (Lipinski definition) is 3. The molecule has 0 spiro atoms. The highest BCUT2D eigenvalue weighted by Crippen LogP contribution is 2.14. The zero-order valence-electron chi connectivity index (χ0n) is 10.4. The normalized spacial score (nSPS) is 11.9. The average molecular weight is 231 g/mol. The number of aromatic nitrogens is 1. The van der Waals surface area contributed by atoms with E-state index in [-0.39, 0.29) is 11.8 Å². The number of carbonyl (C=O) groups excluding carboxylic acids is 1. The molecule has 0 fully saturated rings. The summed E-state index contributed by atoms with van der Waals surface area (Å²) in [4.78, 5) is 17.6. The van der Waals surface area contributed by atoms with E-state index in [2.05, 4.69) is 11.1 Å². The van der Waals surface area contributed by atoms with Crippen LogP contribution in [0.2, 0.25) is 0 Å². The molecule has 1 aromatic rings. The van der Waals surface area contributed by atoms with Gasteiger partial charge in [0.1, 0.15) is 5.92 Å². The van der Waals surface area contributed by atoms with Crippen LogP contribution in [-0.2, 0) is 11.3 Å². The van der Waals surface area contributed by atoms with Crippen molar-refractivity contribution in [1.82, 2.24) is 9.88 Å². The van der Waals surface area contributed by atoms with E-state index >= 15 is 0 Å². The Morgan fingerprint density at radius 2 is 2.29 bits per heavy atom. The molecular formula is C13H17N3O. The summed E-state index contributed by atoms with van der Waals surface area (Å²) in [6, 6.07) is 5.80. The van der Waals surface area contributed by atoms with E-state index in [1.807, 2.05) is 26.0 Å². The molecule has 0 aliphatic heterocycles. The van der Waals surface area contributed by atoms with Crippen molar-refractivity contribution in [2.24, 2.45) is 11.8 Å². The fourth-order valence-electron chi connectivity index (χ4n) is 1.57. The molecule has 0 N–H and O–H groups in total. The minimum atomic E-state index is -0.573. The van der Waals surface area contributed by atoms with Crippen LogP contribution in [0.15, 0.2) is 24.5 Å². The predicted molar refractivity (Wildman–Crippen MR) is 64.7 cm³/mol. The lowest BCUT2D eigenvalue weighted by Gasteiger charge is -2.21. The molecule has 0 aromatic carbocycles. The van der Waals surface area contributed by atoms with E-state index < -0.39 is 5.92 Å². The first-order valence-electron chi connectivity index (χ1n) is 5.59. The smallest absolute Gasteiger partial charge is 0.240 e. The highest BCUT2D eigenvalue weighted by atomic mass is 16.2. The van der Waals surface area contributed by atoms with Gasteiger partial charge < -0.3 is 4.90 Å². The van der Waals surface area contributed by atoms with Crippen molar-refractivity contribution >= 4 is 5.91 Å². The van der Waals surface area contributed by atoms with Crippen LogP contribution in [0.1, 0.15) is 19.4 Å². The summed E-state index contributed by atoms with van der Waals surface area (Å²) in [5.74, 6) is -0.674. The third-order valence-electron chi connectivity index (χ3n) is 2.59. The molecule has 0 aliphatic rings. The predicted octanol–water partition coefficient (Wildman–Crippen LogP) is 1.84. The van der Waals surface area contributed by atoms with Gasteiger partial charge in [-0.05, 0) is 17.5 Å². The van der Waals surface area contributed by atoms with E-state index in [1.54, 1.807) is 24.3 Å². The van der Waals surface area contributed by atoms with Gasteiger partial charge in [-0.3, -0.25) is 9.78 Å². The lowest BCUT2D eigenvalue weighted by molar-refractivity contribution is -0.134. The van der Waals surface area contributed by atoms with Crippen LogP contribution in [0.5, 0.6) is 0 Å². The molecule has 4 nitrogen and oxygen atoms in total. The van der Waals surface area contributed by atoms with Crippen LogP contribution in [-0.4, -0.2) is 22.8 Å². The average Bonchev–Trinajstić information content (AvgIpc) is 2.30. The molecule has 1 unspecified atom stereocenters. The van der Waals surface area contributed by atoms with Crippen LogP contribution < -0.4 is 0 Å². The van der Waals surface area contributed by atoms with E-state index in [1.165, 1.54) is 0 Å². The number of rotatable bonds is 4. The van der Waals surface area contributed by atoms with E-state index in [4.69, 9.17) is 5.26 Å². The van der Waals surface area contributed by atoms with Crippen LogP contribution >= 0.6 is 0 Å². The molecule has 1 heterocycles. The Labute approximate surface area is 102 Å². The molecule has 1 rings (SSSR count). The zero-order valence-corrected chi connectivity index (χ0v) is 10.4. The number of carbonyl (C=O) groups is 1. The summed E-state index contributed by atoms with van der Waals surface area (Å²) < 4.78 is 0. The summed E-state index contributed by atoms with van der Waals surface area (Å²) in [6.07, 6.45) is 3.41. The molecule has 1 atom stereocenters. The molecule has 4 heteroatoms. The van der Waals surface area contributed by atoms with Gasteiger partial charge in [-0.25, -0.2) is 0 Å². The Bertz CT molecular complexity index is 408. The molecule has 0 saturated carbocycles. The Balaban J connectivity index is 2.68. The first kappa shape index (κ1) is 13.2. The summed E-state index contributed by atoms with van der Waals surface area (Å²) in [7, 11) is 1.71. The maximum absolute atomic E-state index is 12.0. The van der Waals surface area contributed by atoms with Crippen molar-refractivity contribution in [3.63, 3.8) is 0 Å². The zero-order chi connectivity index (χ0) is 12.8. The first-order chi connectivity index (χ1) is 8.06. The van der Waals surface area contributed by atoms with Crippen molar-refractivity contribution in [2.45, 2.75) is 20.4 Å². The van der Waals surface area contributed by atoms with E-state index in [0.717, 1.165) is 5.56 Å². The van der Waals surface area contributed by atoms with Crippen molar-refractivity contribution < 1.29 is 4.79 Å². The standard InChI is InChI=1S/C13H17N3O/c1-10(2)12(7-14)13(17)16(3)9-11-5-4-6-15-8-11/h4-6,8,10,12H,9H2,1-3H3. The van der Waals surface area contributed by atoms with Crippen molar-refractivity contribution in [3.8, 4) is 6.07 Å².